The van der Waals surface area contributed by atoms with Crippen molar-refractivity contribution in [2.45, 2.75) is 65.4 Å². The third kappa shape index (κ3) is 9.76. The molecule has 3 rings (SSSR count). The summed E-state index contributed by atoms with van der Waals surface area (Å²) in [7, 11) is 0. The zero-order chi connectivity index (χ0) is 26.5. The zero-order valence-electron chi connectivity index (χ0n) is 22.2. The van der Waals surface area contributed by atoms with E-state index in [1.807, 2.05) is 6.07 Å². The molecule has 0 atom stereocenters. The van der Waals surface area contributed by atoms with Gasteiger partial charge in [-0.15, -0.1) is 0 Å². The van der Waals surface area contributed by atoms with Crippen LogP contribution in [0.15, 0.2) is 72.8 Å². The first-order valence-electron chi connectivity index (χ1n) is 13.3. The number of aryl methyl sites for hydroxylation is 1. The summed E-state index contributed by atoms with van der Waals surface area (Å²) >= 11 is 0. The molecule has 0 aromatic heterocycles. The van der Waals surface area contributed by atoms with Crippen molar-refractivity contribution in [2.24, 2.45) is 0 Å². The minimum Gasteiger partial charge on any atom is -0.494 e. The standard InChI is InChI=1S/C32H38O5/c1-4-9-25-10-12-26(13-11-25)27-14-15-29-23-30(17-16-28(29)22-27)35-20-7-5-6-8-21-36-31(33)18-19-32(34)37-24(2)3/h10-19,22-24H,4-9,20-21H2,1-3H3/b19-18+. The maximum absolute atomic E-state index is 11.6. The van der Waals surface area contributed by atoms with Crippen LogP contribution in [0.1, 0.15) is 58.4 Å². The molecule has 0 amide bonds. The molecule has 0 fully saturated rings. The number of hydrogen-bond donors (Lipinski definition) is 0. The van der Waals surface area contributed by atoms with Gasteiger partial charge < -0.3 is 14.2 Å². The molecule has 0 spiro atoms. The van der Waals surface area contributed by atoms with E-state index in [-0.39, 0.29) is 6.10 Å². The number of fused-ring (bicyclic) bond motifs is 1. The average molecular weight is 503 g/mol. The number of hydrogen-bond acceptors (Lipinski definition) is 5. The van der Waals surface area contributed by atoms with E-state index in [1.54, 1.807) is 13.8 Å². The summed E-state index contributed by atoms with van der Waals surface area (Å²) in [5, 5.41) is 2.36. The van der Waals surface area contributed by atoms with Gasteiger partial charge in [0.05, 0.1) is 19.3 Å². The molecule has 0 heterocycles. The maximum atomic E-state index is 11.6. The van der Waals surface area contributed by atoms with E-state index in [0.29, 0.717) is 13.2 Å². The highest BCUT2D eigenvalue weighted by atomic mass is 16.5. The number of esters is 2. The Morgan fingerprint density at radius 1 is 0.757 bits per heavy atom. The van der Waals surface area contributed by atoms with Gasteiger partial charge in [0, 0.05) is 12.2 Å². The third-order valence-electron chi connectivity index (χ3n) is 5.90. The molecule has 37 heavy (non-hydrogen) atoms. The number of unbranched alkanes of at least 4 members (excludes halogenated alkanes) is 3. The number of carbonyl (C=O) groups is 2. The quantitative estimate of drug-likeness (QED) is 0.130. The Kier molecular flexibility index (Phi) is 11.2. The van der Waals surface area contributed by atoms with Crippen molar-refractivity contribution in [2.75, 3.05) is 13.2 Å². The Hall–Kier alpha value is -3.60. The summed E-state index contributed by atoms with van der Waals surface area (Å²) in [5.74, 6) is -0.200. The van der Waals surface area contributed by atoms with Gasteiger partial charge in [0.1, 0.15) is 5.75 Å². The normalized spacial score (nSPS) is 11.2. The summed E-state index contributed by atoms with van der Waals surface area (Å²) < 4.78 is 16.0. The summed E-state index contributed by atoms with van der Waals surface area (Å²) in [4.78, 5) is 23.0. The highest BCUT2D eigenvalue weighted by molar-refractivity contribution is 5.91. The van der Waals surface area contributed by atoms with Crippen LogP contribution in [-0.2, 0) is 25.5 Å². The highest BCUT2D eigenvalue weighted by Crippen LogP contribution is 2.27. The van der Waals surface area contributed by atoms with Gasteiger partial charge in [0.15, 0.2) is 0 Å². The van der Waals surface area contributed by atoms with E-state index >= 15 is 0 Å². The molecule has 0 radical (unpaired) electrons. The molecule has 0 bridgehead atoms. The molecule has 0 N–H and O–H groups in total. The van der Waals surface area contributed by atoms with Crippen LogP contribution in [0.25, 0.3) is 21.9 Å². The first kappa shape index (κ1) is 28.0. The van der Waals surface area contributed by atoms with Crippen molar-refractivity contribution >= 4 is 22.7 Å². The van der Waals surface area contributed by atoms with Gasteiger partial charge in [0.2, 0.25) is 0 Å². The van der Waals surface area contributed by atoms with Crippen LogP contribution in [0.5, 0.6) is 5.75 Å². The smallest absolute Gasteiger partial charge is 0.331 e. The largest absolute Gasteiger partial charge is 0.494 e. The SMILES string of the molecule is CCCc1ccc(-c2ccc3cc(OCCCCCCOC(=O)/C=C/C(=O)OC(C)C)ccc3c2)cc1. The summed E-state index contributed by atoms with van der Waals surface area (Å²) in [6, 6.07) is 21.6. The molecule has 5 nitrogen and oxygen atoms in total. The fourth-order valence-electron chi connectivity index (χ4n) is 4.02. The van der Waals surface area contributed by atoms with Gasteiger partial charge in [-0.2, -0.15) is 0 Å². The molecule has 3 aromatic rings. The van der Waals surface area contributed by atoms with Gasteiger partial charge in [-0.3, -0.25) is 0 Å². The van der Waals surface area contributed by atoms with Gasteiger partial charge in [-0.25, -0.2) is 9.59 Å². The van der Waals surface area contributed by atoms with Crippen molar-refractivity contribution in [3.05, 3.63) is 78.4 Å². The first-order valence-corrected chi connectivity index (χ1v) is 13.3. The minimum absolute atomic E-state index is 0.217. The van der Waals surface area contributed by atoms with Crippen LogP contribution in [0.3, 0.4) is 0 Å². The molecule has 3 aromatic carbocycles. The fraction of sp³-hybridized carbons (Fsp3) is 0.375. The Morgan fingerprint density at radius 3 is 2.14 bits per heavy atom. The average Bonchev–Trinajstić information content (AvgIpc) is 2.89. The van der Waals surface area contributed by atoms with Crippen molar-refractivity contribution in [1.29, 1.82) is 0 Å². The second-order valence-corrected chi connectivity index (χ2v) is 9.42. The molecule has 0 saturated heterocycles. The summed E-state index contributed by atoms with van der Waals surface area (Å²) in [6.07, 6.45) is 7.90. The molecular formula is C32H38O5. The number of carbonyl (C=O) groups excluding carboxylic acids is 2. The third-order valence-corrected chi connectivity index (χ3v) is 5.90. The van der Waals surface area contributed by atoms with Crippen LogP contribution in [0, 0.1) is 0 Å². The van der Waals surface area contributed by atoms with E-state index in [4.69, 9.17) is 14.2 Å². The Labute approximate surface area is 220 Å². The molecule has 0 saturated carbocycles. The van der Waals surface area contributed by atoms with E-state index in [0.717, 1.165) is 61.8 Å². The van der Waals surface area contributed by atoms with Gasteiger partial charge in [-0.05, 0) is 91.6 Å². The van der Waals surface area contributed by atoms with Crippen LogP contribution in [0.2, 0.25) is 0 Å². The molecule has 0 aliphatic heterocycles. The Bertz CT molecular complexity index is 1180. The van der Waals surface area contributed by atoms with Gasteiger partial charge in [0.25, 0.3) is 0 Å². The van der Waals surface area contributed by atoms with E-state index in [2.05, 4.69) is 61.5 Å². The lowest BCUT2D eigenvalue weighted by atomic mass is 9.99. The van der Waals surface area contributed by atoms with Crippen LogP contribution >= 0.6 is 0 Å². The molecule has 196 valence electrons. The zero-order valence-corrected chi connectivity index (χ0v) is 22.2. The topological polar surface area (TPSA) is 61.8 Å². The monoisotopic (exact) mass is 502 g/mol. The van der Waals surface area contributed by atoms with E-state index in [1.165, 1.54) is 22.1 Å². The Balaban J connectivity index is 1.34. The van der Waals surface area contributed by atoms with Gasteiger partial charge in [-0.1, -0.05) is 55.8 Å². The van der Waals surface area contributed by atoms with Crippen molar-refractivity contribution in [3.8, 4) is 16.9 Å². The van der Waals surface area contributed by atoms with E-state index in [9.17, 15) is 9.59 Å². The predicted octanol–water partition coefficient (Wildman–Crippen LogP) is 7.45. The minimum atomic E-state index is -0.545. The molecule has 0 aliphatic rings. The lowest BCUT2D eigenvalue weighted by Crippen LogP contribution is -2.09. The highest BCUT2D eigenvalue weighted by Gasteiger charge is 2.04. The molecule has 0 aliphatic carbocycles. The molecular weight excluding hydrogens is 464 g/mol. The molecule has 5 heteroatoms. The van der Waals surface area contributed by atoms with Gasteiger partial charge >= 0.3 is 11.9 Å². The number of rotatable bonds is 14. The van der Waals surface area contributed by atoms with E-state index < -0.39 is 11.9 Å². The summed E-state index contributed by atoms with van der Waals surface area (Å²) in [5.41, 5.74) is 3.84. The van der Waals surface area contributed by atoms with Crippen LogP contribution < -0.4 is 4.74 Å². The lowest BCUT2D eigenvalue weighted by molar-refractivity contribution is -0.142. The second kappa shape index (κ2) is 14.8. The Morgan fingerprint density at radius 2 is 1.41 bits per heavy atom. The molecule has 0 unspecified atom stereocenters. The van der Waals surface area contributed by atoms with Crippen molar-refractivity contribution in [3.63, 3.8) is 0 Å². The number of ether oxygens (including phenoxy) is 3. The summed E-state index contributed by atoms with van der Waals surface area (Å²) in [6.45, 7) is 6.68. The first-order chi connectivity index (χ1) is 17.9. The van der Waals surface area contributed by atoms with Crippen molar-refractivity contribution in [1.82, 2.24) is 0 Å². The maximum Gasteiger partial charge on any atom is 0.331 e. The lowest BCUT2D eigenvalue weighted by Gasteiger charge is -2.09. The fourth-order valence-corrected chi connectivity index (χ4v) is 4.02. The predicted molar refractivity (Wildman–Crippen MR) is 149 cm³/mol. The van der Waals surface area contributed by atoms with Crippen molar-refractivity contribution < 1.29 is 23.8 Å². The van der Waals surface area contributed by atoms with Crippen LogP contribution in [-0.4, -0.2) is 31.3 Å². The number of benzene rings is 3. The van der Waals surface area contributed by atoms with Crippen LogP contribution in [0.4, 0.5) is 0 Å². The second-order valence-electron chi connectivity index (χ2n) is 9.42.